The highest BCUT2D eigenvalue weighted by Gasteiger charge is 2.42. The number of hydrogen-bond donors (Lipinski definition) is 4. The molecule has 0 spiro atoms. The van der Waals surface area contributed by atoms with Gasteiger partial charge in [-0.1, -0.05) is 39.0 Å². The van der Waals surface area contributed by atoms with Gasteiger partial charge < -0.3 is 30.9 Å². The highest BCUT2D eigenvalue weighted by molar-refractivity contribution is 6.03. The molecular weight excluding hydrogens is 558 g/mol. The topological polar surface area (TPSA) is 138 Å². The van der Waals surface area contributed by atoms with Crippen LogP contribution in [0.5, 0.6) is 5.75 Å². The molecule has 3 atom stereocenters. The average Bonchev–Trinajstić information content (AvgIpc) is 3.45. The minimum atomic E-state index is -0.793. The van der Waals surface area contributed by atoms with Gasteiger partial charge in [0.2, 0.25) is 17.7 Å². The van der Waals surface area contributed by atoms with Crippen molar-refractivity contribution in [2.24, 2.45) is 5.41 Å². The van der Waals surface area contributed by atoms with Gasteiger partial charge in [0.05, 0.1) is 24.4 Å². The molecule has 42 heavy (non-hydrogen) atoms. The summed E-state index contributed by atoms with van der Waals surface area (Å²) in [5.74, 6) is 0.137. The van der Waals surface area contributed by atoms with Crippen molar-refractivity contribution in [2.75, 3.05) is 31.3 Å². The van der Waals surface area contributed by atoms with Crippen LogP contribution in [-0.4, -0.2) is 71.4 Å². The smallest absolute Gasteiger partial charge is 0.247 e. The number of ether oxygens (including phenoxy) is 1. The molecule has 226 valence electrons. The van der Waals surface area contributed by atoms with Crippen molar-refractivity contribution in [3.05, 3.63) is 48.8 Å². The first kappa shape index (κ1) is 32.6. The minimum Gasteiger partial charge on any atom is -0.494 e. The summed E-state index contributed by atoms with van der Waals surface area (Å²) in [6.45, 7) is 7.85. The second kappa shape index (κ2) is 13.8. The van der Waals surface area contributed by atoms with Crippen molar-refractivity contribution in [3.63, 3.8) is 0 Å². The maximum atomic E-state index is 13.8. The summed E-state index contributed by atoms with van der Waals surface area (Å²) in [7, 11) is 3.21. The fourth-order valence-electron chi connectivity index (χ4n) is 4.84. The van der Waals surface area contributed by atoms with E-state index in [0.717, 1.165) is 5.69 Å². The first-order chi connectivity index (χ1) is 19.5. The van der Waals surface area contributed by atoms with E-state index in [0.29, 0.717) is 47.5 Å². The molecular formula is C30H40ClN7O4. The molecule has 3 aromatic rings. The Bertz CT molecular complexity index is 1410. The van der Waals surface area contributed by atoms with Crippen LogP contribution in [0.2, 0.25) is 0 Å². The number of anilines is 3. The number of fused-ring (bicyclic) bond motifs is 1. The highest BCUT2D eigenvalue weighted by atomic mass is 35.5. The van der Waals surface area contributed by atoms with Crippen LogP contribution < -0.4 is 26.0 Å². The molecule has 1 aromatic heterocycles. The van der Waals surface area contributed by atoms with E-state index in [1.807, 2.05) is 51.1 Å². The fourth-order valence-corrected chi connectivity index (χ4v) is 4.84. The van der Waals surface area contributed by atoms with E-state index in [9.17, 15) is 14.4 Å². The molecule has 4 rings (SSSR count). The molecule has 1 aliphatic heterocycles. The summed E-state index contributed by atoms with van der Waals surface area (Å²) in [6, 6.07) is 11.2. The van der Waals surface area contributed by atoms with Crippen molar-refractivity contribution in [1.29, 1.82) is 0 Å². The predicted molar refractivity (Wildman–Crippen MR) is 166 cm³/mol. The zero-order chi connectivity index (χ0) is 29.7. The van der Waals surface area contributed by atoms with E-state index in [-0.39, 0.29) is 30.1 Å². The summed E-state index contributed by atoms with van der Waals surface area (Å²) in [5.41, 5.74) is 1.39. The zero-order valence-electron chi connectivity index (χ0n) is 24.9. The third-order valence-electron chi connectivity index (χ3n) is 7.32. The lowest BCUT2D eigenvalue weighted by Gasteiger charge is -2.36. The lowest BCUT2D eigenvalue weighted by atomic mass is 9.85. The molecule has 2 heterocycles. The minimum absolute atomic E-state index is 0. The van der Waals surface area contributed by atoms with Gasteiger partial charge in [-0.05, 0) is 50.4 Å². The number of nitrogens with zero attached hydrogens (tertiary/aromatic N) is 3. The number of likely N-dealkylation sites (N-methyl/N-ethyl adjacent to an activating group) is 1. The van der Waals surface area contributed by atoms with E-state index >= 15 is 0 Å². The molecule has 1 unspecified atom stereocenters. The fraction of sp³-hybridized carbons (Fsp3) is 0.433. The molecule has 0 radical (unpaired) electrons. The second-order valence-electron chi connectivity index (χ2n) is 11.3. The summed E-state index contributed by atoms with van der Waals surface area (Å²) in [6.07, 6.45) is 2.65. The highest BCUT2D eigenvalue weighted by Crippen LogP contribution is 2.34. The number of benzene rings is 2. The molecule has 0 saturated carbocycles. The number of aromatic nitrogens is 2. The van der Waals surface area contributed by atoms with Crippen molar-refractivity contribution >= 4 is 58.2 Å². The maximum Gasteiger partial charge on any atom is 0.247 e. The number of carbonyl (C=O) groups is 3. The van der Waals surface area contributed by atoms with Gasteiger partial charge >= 0.3 is 0 Å². The van der Waals surface area contributed by atoms with Crippen LogP contribution in [0.25, 0.3) is 10.9 Å². The second-order valence-corrected chi connectivity index (χ2v) is 11.3. The summed E-state index contributed by atoms with van der Waals surface area (Å²) < 4.78 is 5.58. The van der Waals surface area contributed by atoms with Gasteiger partial charge in [-0.2, -0.15) is 0 Å². The molecule has 1 saturated heterocycles. The standard InChI is InChI=1S/C30H39N7O4.ClH/c1-18(31-5)27(38)36-25(30(2,3)4)29(40)37-14-10-13-23(37)28(39)35-22-15-20-21(16-24(22)41-6)32-17-33-26(20)34-19-11-8-7-9-12-19;/h7-9,11-12,15-18,23,25,31H,10,13-14H2,1-6H3,(H,35,39)(H,36,38)(H,32,33,34);1H/t18-,23?,25+;/m0./s1. The van der Waals surface area contributed by atoms with Gasteiger partial charge in [-0.25, -0.2) is 9.97 Å². The van der Waals surface area contributed by atoms with E-state index in [1.54, 1.807) is 31.0 Å². The number of hydrogen-bond acceptors (Lipinski definition) is 8. The molecule has 0 bridgehead atoms. The van der Waals surface area contributed by atoms with Gasteiger partial charge in [0.15, 0.2) is 0 Å². The molecule has 0 aliphatic carbocycles. The van der Waals surface area contributed by atoms with Crippen molar-refractivity contribution in [3.8, 4) is 5.75 Å². The maximum absolute atomic E-state index is 13.8. The average molecular weight is 598 g/mol. The molecule has 1 aliphatic rings. The number of rotatable bonds is 9. The number of amides is 3. The van der Waals surface area contributed by atoms with Crippen LogP contribution >= 0.6 is 12.4 Å². The lowest BCUT2D eigenvalue weighted by Crippen LogP contribution is -2.59. The van der Waals surface area contributed by atoms with Crippen LogP contribution in [0.3, 0.4) is 0 Å². The van der Waals surface area contributed by atoms with Crippen LogP contribution in [0.4, 0.5) is 17.2 Å². The normalized spacial score (nSPS) is 16.2. The van der Waals surface area contributed by atoms with Crippen molar-refractivity contribution < 1.29 is 19.1 Å². The van der Waals surface area contributed by atoms with Crippen molar-refractivity contribution in [2.45, 2.75) is 58.7 Å². The van der Waals surface area contributed by atoms with Crippen LogP contribution in [-0.2, 0) is 14.4 Å². The van der Waals surface area contributed by atoms with Gasteiger partial charge in [0, 0.05) is 23.7 Å². The number of para-hydroxylation sites is 1. The van der Waals surface area contributed by atoms with Crippen molar-refractivity contribution in [1.82, 2.24) is 25.5 Å². The molecule has 4 N–H and O–H groups in total. The van der Waals surface area contributed by atoms with Gasteiger partial charge in [-0.3, -0.25) is 14.4 Å². The molecule has 1 fully saturated rings. The predicted octanol–water partition coefficient (Wildman–Crippen LogP) is 3.87. The molecule has 11 nitrogen and oxygen atoms in total. The Kier molecular flexibility index (Phi) is 10.7. The lowest BCUT2D eigenvalue weighted by molar-refractivity contribution is -0.143. The SMILES string of the molecule is CN[C@@H](C)C(=O)N[C@H](C(=O)N1CCCC1C(=O)Nc1cc2c(Nc3ccccc3)ncnc2cc1OC)C(C)(C)C.Cl. The zero-order valence-corrected chi connectivity index (χ0v) is 25.7. The van der Waals surface area contributed by atoms with E-state index in [1.165, 1.54) is 13.4 Å². The Morgan fingerprint density at radius 3 is 2.45 bits per heavy atom. The van der Waals surface area contributed by atoms with Crippen LogP contribution in [0.1, 0.15) is 40.5 Å². The molecule has 12 heteroatoms. The Morgan fingerprint density at radius 2 is 1.81 bits per heavy atom. The van der Waals surface area contributed by atoms with Gasteiger partial charge in [-0.15, -0.1) is 12.4 Å². The largest absolute Gasteiger partial charge is 0.494 e. The van der Waals surface area contributed by atoms with Crippen LogP contribution in [0.15, 0.2) is 48.8 Å². The monoisotopic (exact) mass is 597 g/mol. The van der Waals surface area contributed by atoms with E-state index < -0.39 is 23.5 Å². The number of carbonyl (C=O) groups excluding carboxylic acids is 3. The first-order valence-corrected chi connectivity index (χ1v) is 13.8. The molecule has 2 aromatic carbocycles. The summed E-state index contributed by atoms with van der Waals surface area (Å²) >= 11 is 0. The van der Waals surface area contributed by atoms with Gasteiger partial charge in [0.25, 0.3) is 0 Å². The third kappa shape index (κ3) is 7.27. The Balaban J connectivity index is 0.00000484. The Morgan fingerprint density at radius 1 is 1.10 bits per heavy atom. The summed E-state index contributed by atoms with van der Waals surface area (Å²) in [5, 5.41) is 12.8. The number of halogens is 1. The van der Waals surface area contributed by atoms with Crippen LogP contribution in [0, 0.1) is 5.41 Å². The van der Waals surface area contributed by atoms with E-state index in [2.05, 4.69) is 31.2 Å². The number of methoxy groups -OCH3 is 1. The number of likely N-dealkylation sites (tertiary alicyclic amines) is 1. The number of nitrogens with one attached hydrogen (secondary N) is 4. The quantitative estimate of drug-likeness (QED) is 0.292. The Labute approximate surface area is 252 Å². The van der Waals surface area contributed by atoms with E-state index in [4.69, 9.17) is 4.74 Å². The summed E-state index contributed by atoms with van der Waals surface area (Å²) in [4.78, 5) is 50.5. The Hall–Kier alpha value is -3.96. The van der Waals surface area contributed by atoms with Gasteiger partial charge in [0.1, 0.15) is 30.0 Å². The third-order valence-corrected chi connectivity index (χ3v) is 7.32. The first-order valence-electron chi connectivity index (χ1n) is 13.8. The molecule has 3 amide bonds.